The number of nitrogens with one attached hydrogen (secondary N) is 2. The van der Waals surface area contributed by atoms with E-state index in [1.54, 1.807) is 7.11 Å². The summed E-state index contributed by atoms with van der Waals surface area (Å²) >= 11 is 0. The summed E-state index contributed by atoms with van der Waals surface area (Å²) in [7, 11) is 1.75. The fraction of sp³-hybridized carbons (Fsp3) is 0.917. The van der Waals surface area contributed by atoms with Gasteiger partial charge in [-0.05, 0) is 26.7 Å². The zero-order valence-corrected chi connectivity index (χ0v) is 10.6. The number of hydrogen-bond donors (Lipinski definition) is 2. The first kappa shape index (κ1) is 13.5. The van der Waals surface area contributed by atoms with E-state index < -0.39 is 0 Å². The van der Waals surface area contributed by atoms with Crippen molar-refractivity contribution in [1.82, 2.24) is 10.6 Å². The number of amides is 1. The number of rotatable bonds is 5. The highest BCUT2D eigenvalue weighted by Gasteiger charge is 2.24. The van der Waals surface area contributed by atoms with E-state index >= 15 is 0 Å². The van der Waals surface area contributed by atoms with Gasteiger partial charge in [-0.25, -0.2) is 0 Å². The molecule has 4 heteroatoms. The van der Waals surface area contributed by atoms with E-state index in [1.165, 1.54) is 12.8 Å². The summed E-state index contributed by atoms with van der Waals surface area (Å²) in [6.07, 6.45) is 4.92. The highest BCUT2D eigenvalue weighted by atomic mass is 16.5. The van der Waals surface area contributed by atoms with Gasteiger partial charge >= 0.3 is 0 Å². The number of hydrogen-bond acceptors (Lipinski definition) is 3. The van der Waals surface area contributed by atoms with Crippen LogP contribution in [-0.2, 0) is 9.53 Å². The molecular formula is C12H24N2O2. The second-order valence-corrected chi connectivity index (χ2v) is 4.77. The average Bonchev–Trinajstić information content (AvgIpc) is 2.26. The largest absolute Gasteiger partial charge is 0.380 e. The second-order valence-electron chi connectivity index (χ2n) is 4.77. The first-order chi connectivity index (χ1) is 7.63. The Kier molecular flexibility index (Phi) is 5.77. The van der Waals surface area contributed by atoms with Crippen LogP contribution in [0, 0.1) is 0 Å². The van der Waals surface area contributed by atoms with Gasteiger partial charge in [0.1, 0.15) is 0 Å². The van der Waals surface area contributed by atoms with Crippen molar-refractivity contribution in [3.63, 3.8) is 0 Å². The van der Waals surface area contributed by atoms with Crippen LogP contribution in [0.5, 0.6) is 0 Å². The number of ether oxygens (including phenoxy) is 1. The fourth-order valence-corrected chi connectivity index (χ4v) is 2.21. The van der Waals surface area contributed by atoms with E-state index in [2.05, 4.69) is 10.6 Å². The SMILES string of the molecule is COC1CCCCC1NCC(=O)NC(C)C. The lowest BCUT2D eigenvalue weighted by molar-refractivity contribution is -0.121. The number of carbonyl (C=O) groups excluding carboxylic acids is 1. The third kappa shape index (κ3) is 4.49. The molecule has 2 atom stereocenters. The molecule has 2 unspecified atom stereocenters. The predicted octanol–water partition coefficient (Wildman–Crippen LogP) is 1.06. The molecule has 2 N–H and O–H groups in total. The normalized spacial score (nSPS) is 25.8. The Morgan fingerprint density at radius 1 is 1.38 bits per heavy atom. The minimum atomic E-state index is 0.0652. The quantitative estimate of drug-likeness (QED) is 0.739. The standard InChI is InChI=1S/C12H24N2O2/c1-9(2)14-12(15)8-13-10-6-4-5-7-11(10)16-3/h9-11,13H,4-8H2,1-3H3,(H,14,15). The molecule has 1 aliphatic carbocycles. The van der Waals surface area contributed by atoms with Crippen LogP contribution in [0.1, 0.15) is 39.5 Å². The van der Waals surface area contributed by atoms with E-state index in [-0.39, 0.29) is 18.1 Å². The smallest absolute Gasteiger partial charge is 0.234 e. The van der Waals surface area contributed by atoms with E-state index in [0.29, 0.717) is 12.6 Å². The number of methoxy groups -OCH3 is 1. The Bertz CT molecular complexity index is 219. The van der Waals surface area contributed by atoms with Crippen LogP contribution in [0.3, 0.4) is 0 Å². The summed E-state index contributed by atoms with van der Waals surface area (Å²) in [6, 6.07) is 0.538. The van der Waals surface area contributed by atoms with E-state index in [0.717, 1.165) is 12.8 Å². The lowest BCUT2D eigenvalue weighted by atomic mass is 9.92. The summed E-state index contributed by atoms with van der Waals surface area (Å²) in [5.41, 5.74) is 0. The zero-order valence-electron chi connectivity index (χ0n) is 10.6. The summed E-state index contributed by atoms with van der Waals surface area (Å²) in [4.78, 5) is 11.5. The van der Waals surface area contributed by atoms with Gasteiger partial charge in [-0.2, -0.15) is 0 Å². The molecule has 0 bridgehead atoms. The summed E-state index contributed by atoms with van der Waals surface area (Å²) in [5.74, 6) is 0.0652. The molecule has 0 saturated heterocycles. The predicted molar refractivity (Wildman–Crippen MR) is 64.3 cm³/mol. The molecule has 0 heterocycles. The Balaban J connectivity index is 2.27. The van der Waals surface area contributed by atoms with Crippen molar-refractivity contribution in [1.29, 1.82) is 0 Å². The van der Waals surface area contributed by atoms with Crippen molar-refractivity contribution in [2.75, 3.05) is 13.7 Å². The Labute approximate surface area is 98.1 Å². The molecule has 1 amide bonds. The van der Waals surface area contributed by atoms with Crippen LogP contribution in [0.25, 0.3) is 0 Å². The molecule has 0 aromatic rings. The molecule has 0 aliphatic heterocycles. The fourth-order valence-electron chi connectivity index (χ4n) is 2.21. The third-order valence-electron chi connectivity index (χ3n) is 2.98. The Morgan fingerprint density at radius 3 is 2.69 bits per heavy atom. The Morgan fingerprint density at radius 2 is 2.06 bits per heavy atom. The summed E-state index contributed by atoms with van der Waals surface area (Å²) in [5, 5.41) is 6.16. The molecule has 1 fully saturated rings. The summed E-state index contributed by atoms with van der Waals surface area (Å²) in [6.45, 7) is 4.33. The van der Waals surface area contributed by atoms with Crippen molar-refractivity contribution in [2.24, 2.45) is 0 Å². The van der Waals surface area contributed by atoms with Crippen LogP contribution in [-0.4, -0.2) is 37.7 Å². The van der Waals surface area contributed by atoms with Gasteiger partial charge in [0.05, 0.1) is 12.6 Å². The van der Waals surface area contributed by atoms with Gasteiger partial charge < -0.3 is 15.4 Å². The second kappa shape index (κ2) is 6.86. The maximum atomic E-state index is 11.5. The van der Waals surface area contributed by atoms with Gasteiger partial charge in [0, 0.05) is 19.2 Å². The molecular weight excluding hydrogens is 204 g/mol. The zero-order chi connectivity index (χ0) is 12.0. The maximum absolute atomic E-state index is 11.5. The minimum Gasteiger partial charge on any atom is -0.380 e. The summed E-state index contributed by atoms with van der Waals surface area (Å²) < 4.78 is 5.42. The first-order valence-electron chi connectivity index (χ1n) is 6.19. The van der Waals surface area contributed by atoms with Gasteiger partial charge in [-0.1, -0.05) is 12.8 Å². The highest BCUT2D eigenvalue weighted by Crippen LogP contribution is 2.20. The maximum Gasteiger partial charge on any atom is 0.234 e. The van der Waals surface area contributed by atoms with Crippen LogP contribution in [0.2, 0.25) is 0 Å². The molecule has 1 aliphatic rings. The van der Waals surface area contributed by atoms with Gasteiger partial charge in [0.25, 0.3) is 0 Å². The lowest BCUT2D eigenvalue weighted by Crippen LogP contribution is -2.47. The third-order valence-corrected chi connectivity index (χ3v) is 2.98. The number of carbonyl (C=O) groups is 1. The molecule has 1 saturated carbocycles. The van der Waals surface area contributed by atoms with Crippen molar-refractivity contribution < 1.29 is 9.53 Å². The lowest BCUT2D eigenvalue weighted by Gasteiger charge is -2.31. The van der Waals surface area contributed by atoms with Gasteiger partial charge in [-0.3, -0.25) is 4.79 Å². The first-order valence-corrected chi connectivity index (χ1v) is 6.19. The molecule has 0 radical (unpaired) electrons. The molecule has 0 aromatic carbocycles. The molecule has 0 aromatic heterocycles. The average molecular weight is 228 g/mol. The topological polar surface area (TPSA) is 50.4 Å². The van der Waals surface area contributed by atoms with Crippen molar-refractivity contribution in [3.8, 4) is 0 Å². The van der Waals surface area contributed by atoms with Gasteiger partial charge in [0.15, 0.2) is 0 Å². The van der Waals surface area contributed by atoms with Gasteiger partial charge in [-0.15, -0.1) is 0 Å². The molecule has 1 rings (SSSR count). The van der Waals surface area contributed by atoms with Crippen molar-refractivity contribution in [2.45, 2.75) is 57.7 Å². The van der Waals surface area contributed by atoms with E-state index in [1.807, 2.05) is 13.8 Å². The van der Waals surface area contributed by atoms with Crippen molar-refractivity contribution >= 4 is 5.91 Å². The highest BCUT2D eigenvalue weighted by molar-refractivity contribution is 5.78. The van der Waals surface area contributed by atoms with Crippen LogP contribution in [0.4, 0.5) is 0 Å². The molecule has 0 spiro atoms. The molecule has 4 nitrogen and oxygen atoms in total. The van der Waals surface area contributed by atoms with E-state index in [9.17, 15) is 4.79 Å². The van der Waals surface area contributed by atoms with Gasteiger partial charge in [0.2, 0.25) is 5.91 Å². The van der Waals surface area contributed by atoms with Crippen molar-refractivity contribution in [3.05, 3.63) is 0 Å². The van der Waals surface area contributed by atoms with E-state index in [4.69, 9.17) is 4.74 Å². The van der Waals surface area contributed by atoms with Crippen LogP contribution in [0.15, 0.2) is 0 Å². The van der Waals surface area contributed by atoms with Crippen LogP contribution < -0.4 is 10.6 Å². The van der Waals surface area contributed by atoms with Crippen LogP contribution >= 0.6 is 0 Å². The monoisotopic (exact) mass is 228 g/mol. The Hall–Kier alpha value is -0.610. The minimum absolute atomic E-state index is 0.0652. The molecule has 94 valence electrons. The molecule has 16 heavy (non-hydrogen) atoms.